The molecule has 1 fully saturated rings. The number of aryl methyl sites for hydroxylation is 1. The predicted octanol–water partition coefficient (Wildman–Crippen LogP) is 2.97. The van der Waals surface area contributed by atoms with Crippen LogP contribution in [-0.2, 0) is 18.0 Å². The molecule has 1 saturated carbocycles. The fourth-order valence-corrected chi connectivity index (χ4v) is 4.39. The number of halogens is 1. The minimum atomic E-state index is 0. The van der Waals surface area contributed by atoms with Crippen LogP contribution in [0, 0.1) is 17.8 Å². The highest BCUT2D eigenvalue weighted by Gasteiger charge is 2.31. The van der Waals surface area contributed by atoms with E-state index in [2.05, 4.69) is 55.6 Å². The summed E-state index contributed by atoms with van der Waals surface area (Å²) in [4.78, 5) is 0. The van der Waals surface area contributed by atoms with Crippen LogP contribution in [0.1, 0.15) is 91.9 Å². The lowest BCUT2D eigenvalue weighted by molar-refractivity contribution is -0.735. The highest BCUT2D eigenvalue weighted by molar-refractivity contribution is 4.80. The van der Waals surface area contributed by atoms with Crippen molar-refractivity contribution in [2.45, 2.75) is 111 Å². The minimum absolute atomic E-state index is 0. The topological polar surface area (TPSA) is 18.0 Å². The van der Waals surface area contributed by atoms with Gasteiger partial charge in [-0.2, -0.15) is 0 Å². The third-order valence-electron chi connectivity index (χ3n) is 6.17. The van der Waals surface area contributed by atoms with E-state index in [4.69, 9.17) is 4.74 Å². The van der Waals surface area contributed by atoms with Gasteiger partial charge in [0, 0.05) is 0 Å². The van der Waals surface area contributed by atoms with E-state index in [1.807, 2.05) is 0 Å². The minimum Gasteiger partial charge on any atom is -1.00 e. The van der Waals surface area contributed by atoms with Gasteiger partial charge in [0.25, 0.3) is 0 Å². The van der Waals surface area contributed by atoms with Crippen molar-refractivity contribution >= 4 is 0 Å². The molecule has 4 heteroatoms. The molecule has 0 saturated heterocycles. The average Bonchev–Trinajstić information content (AvgIpc) is 3.07. The summed E-state index contributed by atoms with van der Waals surface area (Å²) in [5.41, 5.74) is 0. The van der Waals surface area contributed by atoms with Crippen molar-refractivity contribution in [1.29, 1.82) is 0 Å². The Labute approximate surface area is 174 Å². The SMILES string of the molecule is CCCCCCCCCn1cc[n+](CO[C@@H]2C[C@H](C)CC[C@H]2C(C)C)c1.[Cl-]. The van der Waals surface area contributed by atoms with E-state index in [9.17, 15) is 0 Å². The summed E-state index contributed by atoms with van der Waals surface area (Å²) in [7, 11) is 0. The molecular formula is C23H43ClN2O. The normalized spacial score (nSPS) is 22.8. The van der Waals surface area contributed by atoms with Gasteiger partial charge < -0.3 is 17.1 Å². The monoisotopic (exact) mass is 398 g/mol. The standard InChI is InChI=1S/C23H43N2O.ClH/c1-5-6-7-8-9-10-11-14-24-15-16-25(18-24)19-26-23-17-21(4)12-13-22(23)20(2)3;/h15-16,18,20-23H,5-14,17,19H2,1-4H3;1H/q+1;/p-1/t21-,22+,23-;/m1./s1. The number of unbranched alkanes of at least 4 members (excludes halogenated alkanes) is 6. The third kappa shape index (κ3) is 9.00. The number of hydrogen-bond acceptors (Lipinski definition) is 1. The molecule has 2 rings (SSSR count). The van der Waals surface area contributed by atoms with E-state index in [-0.39, 0.29) is 12.4 Å². The van der Waals surface area contributed by atoms with Gasteiger partial charge in [0.05, 0.1) is 12.6 Å². The molecule has 0 aliphatic heterocycles. The lowest BCUT2D eigenvalue weighted by atomic mass is 9.75. The maximum absolute atomic E-state index is 6.36. The van der Waals surface area contributed by atoms with E-state index in [0.717, 1.165) is 24.3 Å². The molecule has 1 aromatic rings. The summed E-state index contributed by atoms with van der Waals surface area (Å²) < 4.78 is 10.9. The van der Waals surface area contributed by atoms with E-state index in [0.29, 0.717) is 12.8 Å². The Morgan fingerprint density at radius 1 is 1.07 bits per heavy atom. The first-order valence-corrected chi connectivity index (χ1v) is 11.3. The average molecular weight is 399 g/mol. The maximum Gasteiger partial charge on any atom is 0.245 e. The van der Waals surface area contributed by atoms with Crippen molar-refractivity contribution in [2.24, 2.45) is 17.8 Å². The molecule has 3 atom stereocenters. The van der Waals surface area contributed by atoms with Crippen LogP contribution in [0.4, 0.5) is 0 Å². The Morgan fingerprint density at radius 3 is 2.48 bits per heavy atom. The van der Waals surface area contributed by atoms with Crippen LogP contribution >= 0.6 is 0 Å². The molecule has 3 nitrogen and oxygen atoms in total. The molecule has 158 valence electrons. The zero-order valence-electron chi connectivity index (χ0n) is 18.2. The molecule has 0 unspecified atom stereocenters. The first-order chi connectivity index (χ1) is 12.6. The first kappa shape index (κ1) is 24.5. The summed E-state index contributed by atoms with van der Waals surface area (Å²) in [6.07, 6.45) is 20.5. The first-order valence-electron chi connectivity index (χ1n) is 11.3. The van der Waals surface area contributed by atoms with E-state index >= 15 is 0 Å². The van der Waals surface area contributed by atoms with Gasteiger partial charge in [0.2, 0.25) is 6.33 Å². The third-order valence-corrected chi connectivity index (χ3v) is 6.17. The Morgan fingerprint density at radius 2 is 1.78 bits per heavy atom. The van der Waals surface area contributed by atoms with Crippen molar-refractivity contribution < 1.29 is 21.7 Å². The number of ether oxygens (including phenoxy) is 1. The highest BCUT2D eigenvalue weighted by Crippen LogP contribution is 2.35. The van der Waals surface area contributed by atoms with Crippen molar-refractivity contribution in [3.05, 3.63) is 18.7 Å². The molecule has 0 aromatic carbocycles. The second kappa shape index (κ2) is 13.6. The summed E-state index contributed by atoms with van der Waals surface area (Å²) in [6.45, 7) is 11.2. The lowest BCUT2D eigenvalue weighted by Crippen LogP contribution is -3.00. The second-order valence-electron chi connectivity index (χ2n) is 8.95. The summed E-state index contributed by atoms with van der Waals surface area (Å²) >= 11 is 0. The molecule has 1 aromatic heterocycles. The Kier molecular flexibility index (Phi) is 12.3. The molecule has 1 aliphatic carbocycles. The van der Waals surface area contributed by atoms with Gasteiger partial charge in [-0.05, 0) is 43.4 Å². The van der Waals surface area contributed by atoms with Gasteiger partial charge in [0.1, 0.15) is 12.4 Å². The smallest absolute Gasteiger partial charge is 0.245 e. The predicted molar refractivity (Wildman–Crippen MR) is 109 cm³/mol. The highest BCUT2D eigenvalue weighted by atomic mass is 35.5. The molecule has 0 radical (unpaired) electrons. The van der Waals surface area contributed by atoms with E-state index in [1.54, 1.807) is 0 Å². The molecule has 1 heterocycles. The summed E-state index contributed by atoms with van der Waals surface area (Å²) in [6, 6.07) is 0. The van der Waals surface area contributed by atoms with Gasteiger partial charge in [-0.25, -0.2) is 9.13 Å². The number of nitrogens with zero attached hydrogens (tertiary/aromatic N) is 2. The quantitative estimate of drug-likeness (QED) is 0.391. The van der Waals surface area contributed by atoms with Gasteiger partial charge in [-0.3, -0.25) is 0 Å². The molecule has 0 amide bonds. The van der Waals surface area contributed by atoms with Crippen LogP contribution in [0.15, 0.2) is 18.7 Å². The van der Waals surface area contributed by atoms with Gasteiger partial charge in [-0.1, -0.05) is 66.2 Å². The molecule has 0 N–H and O–H groups in total. The van der Waals surface area contributed by atoms with Crippen LogP contribution in [0.3, 0.4) is 0 Å². The summed E-state index contributed by atoms with van der Waals surface area (Å²) in [5.74, 6) is 2.25. The molecular weight excluding hydrogens is 356 g/mol. The molecule has 1 aliphatic rings. The van der Waals surface area contributed by atoms with Crippen LogP contribution in [0.25, 0.3) is 0 Å². The van der Waals surface area contributed by atoms with Gasteiger partial charge >= 0.3 is 0 Å². The van der Waals surface area contributed by atoms with Crippen LogP contribution in [0.5, 0.6) is 0 Å². The van der Waals surface area contributed by atoms with Crippen molar-refractivity contribution in [3.63, 3.8) is 0 Å². The van der Waals surface area contributed by atoms with Gasteiger partial charge in [-0.15, -0.1) is 0 Å². The lowest BCUT2D eigenvalue weighted by Gasteiger charge is -2.36. The van der Waals surface area contributed by atoms with Crippen molar-refractivity contribution in [3.8, 4) is 0 Å². The Balaban J connectivity index is 0.00000364. The van der Waals surface area contributed by atoms with Gasteiger partial charge in [0.15, 0.2) is 6.73 Å². The van der Waals surface area contributed by atoms with Crippen molar-refractivity contribution in [2.75, 3.05) is 0 Å². The molecule has 0 bridgehead atoms. The Bertz CT molecular complexity index is 488. The van der Waals surface area contributed by atoms with Crippen LogP contribution < -0.4 is 17.0 Å². The fourth-order valence-electron chi connectivity index (χ4n) is 4.39. The van der Waals surface area contributed by atoms with Crippen LogP contribution in [-0.4, -0.2) is 10.7 Å². The fraction of sp³-hybridized carbons (Fsp3) is 0.870. The second-order valence-corrected chi connectivity index (χ2v) is 8.95. The summed E-state index contributed by atoms with van der Waals surface area (Å²) in [5, 5.41) is 0. The zero-order chi connectivity index (χ0) is 18.8. The maximum atomic E-state index is 6.36. The van der Waals surface area contributed by atoms with E-state index < -0.39 is 0 Å². The molecule has 0 spiro atoms. The number of hydrogen-bond donors (Lipinski definition) is 0. The van der Waals surface area contributed by atoms with Crippen molar-refractivity contribution in [1.82, 2.24) is 4.57 Å². The largest absolute Gasteiger partial charge is 1.00 e. The molecule has 27 heavy (non-hydrogen) atoms. The zero-order valence-corrected chi connectivity index (χ0v) is 19.0. The van der Waals surface area contributed by atoms with E-state index in [1.165, 1.54) is 64.2 Å². The number of aromatic nitrogens is 2. The number of imidazole rings is 1. The van der Waals surface area contributed by atoms with Crippen LogP contribution in [0.2, 0.25) is 0 Å². The Hall–Kier alpha value is -0.540. The number of rotatable bonds is 12.